The number of benzene rings is 2. The highest BCUT2D eigenvalue weighted by Crippen LogP contribution is 2.40. The number of ether oxygens (including phenoxy) is 1. The highest BCUT2D eigenvalue weighted by molar-refractivity contribution is 6.04. The van der Waals surface area contributed by atoms with Crippen molar-refractivity contribution in [3.05, 3.63) is 64.4 Å². The number of anilines is 1. The van der Waals surface area contributed by atoms with Crippen LogP contribution >= 0.6 is 0 Å². The zero-order chi connectivity index (χ0) is 21.4. The number of para-hydroxylation sites is 1. The van der Waals surface area contributed by atoms with Gasteiger partial charge in [0.15, 0.2) is 0 Å². The maximum atomic E-state index is 12.8. The Bertz CT molecular complexity index is 1300. The Morgan fingerprint density at radius 2 is 1.77 bits per heavy atom. The van der Waals surface area contributed by atoms with Crippen LogP contribution in [-0.2, 0) is 0 Å². The van der Waals surface area contributed by atoms with Crippen LogP contribution in [0.2, 0.25) is 0 Å². The molecular weight excluding hydrogens is 382 g/mol. The first-order chi connectivity index (χ1) is 14.4. The number of nitrogens with one attached hydrogen (secondary N) is 2. The molecular formula is C22H21N5O3. The van der Waals surface area contributed by atoms with Gasteiger partial charge < -0.3 is 20.4 Å². The third kappa shape index (κ3) is 3.18. The predicted octanol–water partition coefficient (Wildman–Crippen LogP) is 2.88. The van der Waals surface area contributed by atoms with Gasteiger partial charge >= 0.3 is 0 Å². The number of carbonyl (C=O) groups excluding carboxylic acids is 1. The quantitative estimate of drug-likeness (QED) is 0.484. The monoisotopic (exact) mass is 403 g/mol. The minimum atomic E-state index is -0.347. The van der Waals surface area contributed by atoms with Gasteiger partial charge in [-0.3, -0.25) is 14.6 Å². The van der Waals surface area contributed by atoms with Gasteiger partial charge in [0, 0.05) is 30.8 Å². The summed E-state index contributed by atoms with van der Waals surface area (Å²) >= 11 is 0. The summed E-state index contributed by atoms with van der Waals surface area (Å²) in [5.74, 6) is 0.558. The lowest BCUT2D eigenvalue weighted by Gasteiger charge is -2.12. The van der Waals surface area contributed by atoms with E-state index in [1.54, 1.807) is 33.3 Å². The second-order valence-electron chi connectivity index (χ2n) is 7.03. The summed E-state index contributed by atoms with van der Waals surface area (Å²) in [4.78, 5) is 36.5. The first kappa shape index (κ1) is 19.3. The molecule has 2 aromatic heterocycles. The molecule has 4 N–H and O–H groups in total. The third-order valence-corrected chi connectivity index (χ3v) is 4.88. The number of H-pyrrole nitrogens is 2. The van der Waals surface area contributed by atoms with E-state index in [-0.39, 0.29) is 17.4 Å². The van der Waals surface area contributed by atoms with E-state index in [1.165, 1.54) is 4.90 Å². The molecule has 1 amide bonds. The van der Waals surface area contributed by atoms with Crippen molar-refractivity contribution in [2.24, 2.45) is 0 Å². The van der Waals surface area contributed by atoms with E-state index < -0.39 is 0 Å². The fourth-order valence-corrected chi connectivity index (χ4v) is 3.49. The van der Waals surface area contributed by atoms with Gasteiger partial charge in [-0.1, -0.05) is 30.3 Å². The van der Waals surface area contributed by atoms with Crippen LogP contribution in [0.3, 0.4) is 0 Å². The summed E-state index contributed by atoms with van der Waals surface area (Å²) in [6, 6.07) is 14.6. The van der Waals surface area contributed by atoms with Crippen LogP contribution in [0, 0.1) is 0 Å². The van der Waals surface area contributed by atoms with Gasteiger partial charge in [-0.05, 0) is 23.8 Å². The average molecular weight is 403 g/mol. The van der Waals surface area contributed by atoms with Crippen molar-refractivity contribution in [1.29, 1.82) is 0 Å². The number of amides is 1. The number of hydrogen-bond acceptors (Lipinski definition) is 5. The van der Waals surface area contributed by atoms with Gasteiger partial charge in [-0.15, -0.1) is 0 Å². The van der Waals surface area contributed by atoms with Gasteiger partial charge in [-0.25, -0.2) is 0 Å². The van der Waals surface area contributed by atoms with E-state index in [2.05, 4.69) is 15.0 Å². The van der Waals surface area contributed by atoms with Crippen molar-refractivity contribution < 1.29 is 9.53 Å². The molecule has 0 unspecified atom stereocenters. The molecule has 4 rings (SSSR count). The van der Waals surface area contributed by atoms with E-state index in [4.69, 9.17) is 10.5 Å². The Morgan fingerprint density at radius 3 is 2.43 bits per heavy atom. The van der Waals surface area contributed by atoms with Crippen LogP contribution in [0.15, 0.2) is 53.3 Å². The summed E-state index contributed by atoms with van der Waals surface area (Å²) < 4.78 is 5.53. The SMILES string of the molecule is COc1ccccc1-c1c(-c2ccc(C(=O)N(C)C)cc2)[nH]c2nc(N)[nH]c(=O)c12. The highest BCUT2D eigenvalue weighted by atomic mass is 16.5. The van der Waals surface area contributed by atoms with Gasteiger partial charge in [0.25, 0.3) is 11.5 Å². The Morgan fingerprint density at radius 1 is 1.07 bits per heavy atom. The summed E-state index contributed by atoms with van der Waals surface area (Å²) in [7, 11) is 4.99. The molecule has 0 aliphatic heterocycles. The number of aromatic amines is 2. The van der Waals surface area contributed by atoms with Crippen LogP contribution < -0.4 is 16.0 Å². The molecule has 0 bridgehead atoms. The number of hydrogen-bond donors (Lipinski definition) is 3. The Hall–Kier alpha value is -4.07. The second-order valence-corrected chi connectivity index (χ2v) is 7.03. The number of carbonyl (C=O) groups is 1. The number of fused-ring (bicyclic) bond motifs is 1. The summed E-state index contributed by atoms with van der Waals surface area (Å²) in [6.45, 7) is 0. The van der Waals surface area contributed by atoms with E-state index in [9.17, 15) is 9.59 Å². The smallest absolute Gasteiger partial charge is 0.262 e. The standard InChI is InChI=1S/C22H21N5O3/c1-27(2)21(29)13-10-8-12(9-11-13)18-16(14-6-4-5-7-15(14)30-3)17-19(24-18)25-22(23)26-20(17)28/h4-11H,1-3H3,(H4,23,24,25,26,28). The number of nitrogen functional groups attached to an aromatic ring is 1. The molecule has 0 saturated heterocycles. The topological polar surface area (TPSA) is 117 Å². The zero-order valence-corrected chi connectivity index (χ0v) is 16.8. The van der Waals surface area contributed by atoms with Crippen molar-refractivity contribution >= 4 is 22.9 Å². The molecule has 0 spiro atoms. The molecule has 0 aliphatic carbocycles. The van der Waals surface area contributed by atoms with Gasteiger partial charge in [0.05, 0.1) is 18.2 Å². The van der Waals surface area contributed by atoms with Crippen LogP contribution in [0.5, 0.6) is 5.75 Å². The molecule has 0 saturated carbocycles. The molecule has 0 aliphatic rings. The second kappa shape index (κ2) is 7.40. The summed E-state index contributed by atoms with van der Waals surface area (Å²) in [5, 5.41) is 0.386. The molecule has 152 valence electrons. The molecule has 2 heterocycles. The zero-order valence-electron chi connectivity index (χ0n) is 16.8. The maximum absolute atomic E-state index is 12.8. The molecule has 0 atom stereocenters. The number of nitrogens with zero attached hydrogens (tertiary/aromatic N) is 2. The van der Waals surface area contributed by atoms with E-state index in [0.717, 1.165) is 11.1 Å². The average Bonchev–Trinajstić information content (AvgIpc) is 3.12. The van der Waals surface area contributed by atoms with Crippen molar-refractivity contribution in [3.8, 4) is 28.1 Å². The first-order valence-corrected chi connectivity index (χ1v) is 9.27. The van der Waals surface area contributed by atoms with Crippen molar-refractivity contribution in [1.82, 2.24) is 19.9 Å². The number of aromatic nitrogens is 3. The van der Waals surface area contributed by atoms with Gasteiger partial charge in [0.1, 0.15) is 11.4 Å². The van der Waals surface area contributed by atoms with Crippen LogP contribution in [0.25, 0.3) is 33.4 Å². The molecule has 0 fully saturated rings. The number of nitrogens with two attached hydrogens (primary N) is 1. The predicted molar refractivity (Wildman–Crippen MR) is 117 cm³/mol. The van der Waals surface area contributed by atoms with Gasteiger partial charge in [-0.2, -0.15) is 4.98 Å². The lowest BCUT2D eigenvalue weighted by atomic mass is 9.98. The fraction of sp³-hybridized carbons (Fsp3) is 0.136. The van der Waals surface area contributed by atoms with Crippen molar-refractivity contribution in [2.75, 3.05) is 26.9 Å². The highest BCUT2D eigenvalue weighted by Gasteiger charge is 2.22. The number of rotatable bonds is 4. The fourth-order valence-electron chi connectivity index (χ4n) is 3.49. The molecule has 30 heavy (non-hydrogen) atoms. The first-order valence-electron chi connectivity index (χ1n) is 9.27. The van der Waals surface area contributed by atoms with Crippen LogP contribution in [0.1, 0.15) is 10.4 Å². The van der Waals surface area contributed by atoms with E-state index >= 15 is 0 Å². The normalized spacial score (nSPS) is 10.9. The molecule has 0 radical (unpaired) electrons. The summed E-state index contributed by atoms with van der Waals surface area (Å²) in [5.41, 5.74) is 9.22. The Balaban J connectivity index is 2.00. The minimum absolute atomic E-state index is 0.0267. The van der Waals surface area contributed by atoms with Crippen LogP contribution in [-0.4, -0.2) is 47.0 Å². The maximum Gasteiger partial charge on any atom is 0.262 e. The molecule has 8 heteroatoms. The minimum Gasteiger partial charge on any atom is -0.496 e. The molecule has 4 aromatic rings. The number of methoxy groups -OCH3 is 1. The molecule has 8 nitrogen and oxygen atoms in total. The molecule has 2 aromatic carbocycles. The lowest BCUT2D eigenvalue weighted by molar-refractivity contribution is 0.0827. The largest absolute Gasteiger partial charge is 0.496 e. The van der Waals surface area contributed by atoms with E-state index in [1.807, 2.05) is 36.4 Å². The third-order valence-electron chi connectivity index (χ3n) is 4.88. The lowest BCUT2D eigenvalue weighted by Crippen LogP contribution is -2.21. The van der Waals surface area contributed by atoms with E-state index in [0.29, 0.717) is 33.6 Å². The van der Waals surface area contributed by atoms with Crippen molar-refractivity contribution in [2.45, 2.75) is 0 Å². The Kier molecular flexibility index (Phi) is 4.75. The Labute approximate surface area is 172 Å². The van der Waals surface area contributed by atoms with Gasteiger partial charge in [0.2, 0.25) is 5.95 Å². The summed E-state index contributed by atoms with van der Waals surface area (Å²) in [6.07, 6.45) is 0. The van der Waals surface area contributed by atoms with Crippen LogP contribution in [0.4, 0.5) is 5.95 Å². The van der Waals surface area contributed by atoms with Crippen molar-refractivity contribution in [3.63, 3.8) is 0 Å².